The monoisotopic (exact) mass is 344 g/mol. The lowest BCUT2D eigenvalue weighted by molar-refractivity contribution is -0.385. The molecule has 0 spiro atoms. The molecule has 0 amide bonds. The minimum atomic E-state index is -0.409. The molecule has 0 radical (unpaired) electrons. The SMILES string of the molecule is CN(C)/C=C1/CCc2cc([N+](=O)[O-])c(Oc3cccc(Cl)c3)cc21. The van der Waals surface area contributed by atoms with Crippen LogP contribution in [0.5, 0.6) is 11.5 Å². The first-order valence-electron chi connectivity index (χ1n) is 7.56. The first-order chi connectivity index (χ1) is 11.4. The molecule has 24 heavy (non-hydrogen) atoms. The highest BCUT2D eigenvalue weighted by atomic mass is 35.5. The number of hydrogen-bond donors (Lipinski definition) is 0. The van der Waals surface area contributed by atoms with Gasteiger partial charge in [-0.05, 0) is 53.8 Å². The average molecular weight is 345 g/mol. The maximum Gasteiger partial charge on any atom is 0.311 e. The Morgan fingerprint density at radius 2 is 2.04 bits per heavy atom. The van der Waals surface area contributed by atoms with E-state index in [9.17, 15) is 10.1 Å². The molecule has 1 aliphatic carbocycles. The van der Waals surface area contributed by atoms with E-state index in [0.717, 1.165) is 29.5 Å². The van der Waals surface area contributed by atoms with Gasteiger partial charge in [-0.3, -0.25) is 10.1 Å². The minimum absolute atomic E-state index is 0.0279. The zero-order valence-corrected chi connectivity index (χ0v) is 14.2. The van der Waals surface area contributed by atoms with E-state index in [4.69, 9.17) is 16.3 Å². The molecular formula is C18H17ClN2O3. The molecule has 0 heterocycles. The number of ether oxygens (including phenoxy) is 1. The third-order valence-electron chi connectivity index (χ3n) is 3.83. The van der Waals surface area contributed by atoms with Crippen molar-refractivity contribution in [3.63, 3.8) is 0 Å². The second-order valence-corrected chi connectivity index (χ2v) is 6.35. The number of nitro groups is 1. The fourth-order valence-electron chi connectivity index (χ4n) is 2.85. The Balaban J connectivity index is 2.06. The van der Waals surface area contributed by atoms with Crippen molar-refractivity contribution in [2.45, 2.75) is 12.8 Å². The molecule has 0 saturated carbocycles. The Kier molecular flexibility index (Phi) is 4.44. The zero-order chi connectivity index (χ0) is 17.3. The molecule has 2 aromatic rings. The maximum atomic E-state index is 11.4. The van der Waals surface area contributed by atoms with Crippen LogP contribution in [0.1, 0.15) is 17.5 Å². The lowest BCUT2D eigenvalue weighted by Crippen LogP contribution is -2.02. The fraction of sp³-hybridized carbons (Fsp3) is 0.222. The lowest BCUT2D eigenvalue weighted by Gasteiger charge is -2.11. The van der Waals surface area contributed by atoms with Gasteiger partial charge in [0.2, 0.25) is 5.75 Å². The van der Waals surface area contributed by atoms with Crippen LogP contribution in [0, 0.1) is 10.1 Å². The van der Waals surface area contributed by atoms with Crippen LogP contribution in [0.25, 0.3) is 5.57 Å². The van der Waals surface area contributed by atoms with E-state index < -0.39 is 4.92 Å². The van der Waals surface area contributed by atoms with Gasteiger partial charge in [0.1, 0.15) is 5.75 Å². The predicted octanol–water partition coefficient (Wildman–Crippen LogP) is 4.89. The molecule has 6 heteroatoms. The standard InChI is InChI=1S/C18H17ClN2O3/c1-20(2)11-13-7-6-12-8-17(21(22)23)18(10-16(12)13)24-15-5-3-4-14(19)9-15/h3-5,8-11H,6-7H2,1-2H3/b13-11-. The summed E-state index contributed by atoms with van der Waals surface area (Å²) in [6, 6.07) is 10.2. The van der Waals surface area contributed by atoms with Crippen molar-refractivity contribution in [1.82, 2.24) is 4.90 Å². The highest BCUT2D eigenvalue weighted by Gasteiger charge is 2.25. The average Bonchev–Trinajstić information content (AvgIpc) is 2.88. The summed E-state index contributed by atoms with van der Waals surface area (Å²) in [7, 11) is 3.92. The number of allylic oxidation sites excluding steroid dienone is 1. The molecule has 124 valence electrons. The number of hydrogen-bond acceptors (Lipinski definition) is 4. The van der Waals surface area contributed by atoms with Gasteiger partial charge in [-0.1, -0.05) is 17.7 Å². The van der Waals surface area contributed by atoms with Crippen LogP contribution < -0.4 is 4.74 Å². The summed E-state index contributed by atoms with van der Waals surface area (Å²) in [6.45, 7) is 0. The van der Waals surface area contributed by atoms with Gasteiger partial charge in [0.25, 0.3) is 0 Å². The van der Waals surface area contributed by atoms with E-state index in [1.807, 2.05) is 25.2 Å². The molecule has 0 unspecified atom stereocenters. The minimum Gasteiger partial charge on any atom is -0.450 e. The molecule has 3 rings (SSSR count). The predicted molar refractivity (Wildman–Crippen MR) is 94.6 cm³/mol. The van der Waals surface area contributed by atoms with Crippen LogP contribution >= 0.6 is 11.6 Å². The molecular weight excluding hydrogens is 328 g/mol. The van der Waals surface area contributed by atoms with Crippen molar-refractivity contribution in [2.75, 3.05) is 14.1 Å². The second kappa shape index (κ2) is 6.53. The molecule has 0 aliphatic heterocycles. The number of nitrogens with zero attached hydrogens (tertiary/aromatic N) is 2. The first kappa shape index (κ1) is 16.3. The lowest BCUT2D eigenvalue weighted by atomic mass is 10.1. The Bertz CT molecular complexity index is 831. The quantitative estimate of drug-likeness (QED) is 0.585. The van der Waals surface area contributed by atoms with Gasteiger partial charge in [0.15, 0.2) is 0 Å². The Hall–Kier alpha value is -2.53. The van der Waals surface area contributed by atoms with Gasteiger partial charge in [-0.2, -0.15) is 0 Å². The Morgan fingerprint density at radius 1 is 1.25 bits per heavy atom. The van der Waals surface area contributed by atoms with Crippen LogP contribution in [-0.4, -0.2) is 23.9 Å². The highest BCUT2D eigenvalue weighted by molar-refractivity contribution is 6.30. The fourth-order valence-corrected chi connectivity index (χ4v) is 3.03. The van der Waals surface area contributed by atoms with Crippen LogP contribution in [0.4, 0.5) is 5.69 Å². The summed E-state index contributed by atoms with van der Waals surface area (Å²) in [4.78, 5) is 13.0. The van der Waals surface area contributed by atoms with Crippen molar-refractivity contribution >= 4 is 22.9 Å². The van der Waals surface area contributed by atoms with Gasteiger partial charge >= 0.3 is 5.69 Å². The summed E-state index contributed by atoms with van der Waals surface area (Å²) >= 11 is 5.96. The molecule has 0 fully saturated rings. The van der Waals surface area contributed by atoms with E-state index in [0.29, 0.717) is 10.8 Å². The van der Waals surface area contributed by atoms with Crippen LogP contribution in [0.2, 0.25) is 5.02 Å². The molecule has 5 nitrogen and oxygen atoms in total. The summed E-state index contributed by atoms with van der Waals surface area (Å²) in [6.07, 6.45) is 3.71. The van der Waals surface area contributed by atoms with Crippen molar-refractivity contribution < 1.29 is 9.66 Å². The first-order valence-corrected chi connectivity index (χ1v) is 7.94. The number of benzene rings is 2. The molecule has 0 bridgehead atoms. The molecule has 1 aliphatic rings. The summed E-state index contributed by atoms with van der Waals surface area (Å²) in [5, 5.41) is 11.9. The van der Waals surface area contributed by atoms with Crippen molar-refractivity contribution in [3.05, 3.63) is 68.9 Å². The molecule has 2 aromatic carbocycles. The van der Waals surface area contributed by atoms with Crippen LogP contribution in [0.15, 0.2) is 42.6 Å². The van der Waals surface area contributed by atoms with Gasteiger partial charge in [-0.15, -0.1) is 0 Å². The van der Waals surface area contributed by atoms with Crippen LogP contribution in [0.3, 0.4) is 0 Å². The highest BCUT2D eigenvalue weighted by Crippen LogP contribution is 2.41. The number of halogens is 1. The normalized spacial score (nSPS) is 14.5. The smallest absolute Gasteiger partial charge is 0.311 e. The molecule has 0 atom stereocenters. The van der Waals surface area contributed by atoms with Gasteiger partial charge in [0.05, 0.1) is 4.92 Å². The molecule has 0 saturated heterocycles. The molecule has 0 aromatic heterocycles. The largest absolute Gasteiger partial charge is 0.450 e. The second-order valence-electron chi connectivity index (χ2n) is 5.91. The Labute approximate surface area is 145 Å². The van der Waals surface area contributed by atoms with Crippen molar-refractivity contribution in [2.24, 2.45) is 0 Å². The van der Waals surface area contributed by atoms with Crippen molar-refractivity contribution in [3.8, 4) is 11.5 Å². The number of aryl methyl sites for hydroxylation is 1. The van der Waals surface area contributed by atoms with Gasteiger partial charge in [0, 0.05) is 31.4 Å². The summed E-state index contributed by atoms with van der Waals surface area (Å²) in [5.74, 6) is 0.703. The molecule has 0 N–H and O–H groups in total. The third-order valence-corrected chi connectivity index (χ3v) is 4.06. The van der Waals surface area contributed by atoms with E-state index in [-0.39, 0.29) is 11.4 Å². The number of fused-ring (bicyclic) bond motifs is 1. The summed E-state index contributed by atoms with van der Waals surface area (Å²) < 4.78 is 5.76. The van der Waals surface area contributed by atoms with E-state index in [2.05, 4.69) is 0 Å². The number of rotatable bonds is 4. The third kappa shape index (κ3) is 3.36. The summed E-state index contributed by atoms with van der Waals surface area (Å²) in [5.41, 5.74) is 3.11. The maximum absolute atomic E-state index is 11.4. The number of nitro benzene ring substituents is 1. The Morgan fingerprint density at radius 3 is 2.71 bits per heavy atom. The van der Waals surface area contributed by atoms with E-state index >= 15 is 0 Å². The topological polar surface area (TPSA) is 55.6 Å². The van der Waals surface area contributed by atoms with E-state index in [1.54, 1.807) is 36.4 Å². The van der Waals surface area contributed by atoms with Gasteiger partial charge < -0.3 is 9.64 Å². The van der Waals surface area contributed by atoms with Crippen molar-refractivity contribution in [1.29, 1.82) is 0 Å². The zero-order valence-electron chi connectivity index (χ0n) is 13.5. The van der Waals surface area contributed by atoms with Crippen LogP contribution in [-0.2, 0) is 6.42 Å². The van der Waals surface area contributed by atoms with E-state index in [1.165, 1.54) is 0 Å². The van der Waals surface area contributed by atoms with Gasteiger partial charge in [-0.25, -0.2) is 0 Å².